The van der Waals surface area contributed by atoms with E-state index in [4.69, 9.17) is 32.8 Å². The molecule has 3 unspecified atom stereocenters. The molecule has 0 rings (SSSR count). The minimum atomic E-state index is -1.50. The topological polar surface area (TPSA) is 200 Å². The van der Waals surface area contributed by atoms with Crippen molar-refractivity contribution in [2.45, 2.75) is 39.1 Å². The molecule has 0 aliphatic carbocycles. The highest BCUT2D eigenvalue weighted by molar-refractivity contribution is 6.29. The summed E-state index contributed by atoms with van der Waals surface area (Å²) in [4.78, 5) is 28.7. The molecule has 0 amide bonds. The molecule has 0 bridgehead atoms. The fourth-order valence-electron chi connectivity index (χ4n) is 3.03. The number of hydrazine groups is 1. The fourth-order valence-corrected chi connectivity index (χ4v) is 3.27. The second kappa shape index (κ2) is 22.6. The first kappa shape index (κ1) is 37.9. The molecule has 0 aliphatic rings. The van der Waals surface area contributed by atoms with Crippen LogP contribution in [0.4, 0.5) is 0 Å². The monoisotopic (exact) mass is 611 g/mol. The van der Waals surface area contributed by atoms with E-state index in [9.17, 15) is 20.0 Å². The number of carbonyl (C=O) groups is 1. The molecule has 0 saturated heterocycles. The lowest BCUT2D eigenvalue weighted by Crippen LogP contribution is -2.32. The number of nitrogens with one attached hydrogen (secondary N) is 2. The van der Waals surface area contributed by atoms with Gasteiger partial charge in [0.2, 0.25) is 6.29 Å². The third kappa shape index (κ3) is 16.9. The highest BCUT2D eigenvalue weighted by atomic mass is 35.5. The average Bonchev–Trinajstić information content (AvgIpc) is 2.96. The number of nitrogens with zero attached hydrogens (tertiary/aromatic N) is 3. The number of hydrazone groups is 1. The number of rotatable bonds is 20. The van der Waals surface area contributed by atoms with E-state index in [1.165, 1.54) is 6.92 Å². The molecular weight excluding hydrogens is 570 g/mol. The summed E-state index contributed by atoms with van der Waals surface area (Å²) < 4.78 is 10.4. The lowest BCUT2D eigenvalue weighted by molar-refractivity contribution is -0.767. The van der Waals surface area contributed by atoms with E-state index in [0.29, 0.717) is 18.8 Å². The molecule has 234 valence electrons. The Morgan fingerprint density at radius 3 is 2.45 bits per heavy atom. The van der Waals surface area contributed by atoms with Gasteiger partial charge in [-0.05, 0) is 31.4 Å². The van der Waals surface area contributed by atoms with Crippen LogP contribution in [0.15, 0.2) is 88.9 Å². The van der Waals surface area contributed by atoms with Gasteiger partial charge in [0.05, 0.1) is 5.92 Å². The fraction of sp³-hybridized carbons (Fsp3) is 0.407. The van der Waals surface area contributed by atoms with Gasteiger partial charge in [-0.3, -0.25) is 4.79 Å². The number of halogens is 1. The Hall–Kier alpha value is -4.11. The molecule has 0 aromatic carbocycles. The third-order valence-corrected chi connectivity index (χ3v) is 5.78. The Balaban J connectivity index is 4.97. The van der Waals surface area contributed by atoms with Crippen molar-refractivity contribution < 1.29 is 29.3 Å². The molecule has 0 aromatic rings. The van der Waals surface area contributed by atoms with Crippen LogP contribution >= 0.6 is 11.6 Å². The molecule has 42 heavy (non-hydrogen) atoms. The first-order valence-electron chi connectivity index (χ1n) is 12.8. The maximum absolute atomic E-state index is 12.2. The number of aliphatic hydroxyl groups excluding tert-OH is 1. The number of hydrogen-bond donors (Lipinski definition) is 5. The van der Waals surface area contributed by atoms with Gasteiger partial charge >= 0.3 is 5.97 Å². The standard InChI is InChI=1S/C27H42ClN7O7/c1-6-22(13-9-7-8-10-15-23(32-29)33-30)14-11-12-18-34(5)24(25(28)31-4)27(37)41-19-40-26(36)20(2)16-17-21(3)42-35(38)39/h6-15,20-21,27,31,37H,1,16-19,29-30H2,2-5H3,(H,32,33)/b8-7-,12-11+,13-9+,15-10+,22-14+,25-24-. The zero-order valence-electron chi connectivity index (χ0n) is 24.3. The highest BCUT2D eigenvalue weighted by Crippen LogP contribution is 2.17. The largest absolute Gasteiger partial charge is 0.438 e. The van der Waals surface area contributed by atoms with Gasteiger partial charge in [-0.15, -0.1) is 10.1 Å². The van der Waals surface area contributed by atoms with Crippen LogP contribution in [0, 0.1) is 16.0 Å². The molecule has 0 fully saturated rings. The Morgan fingerprint density at radius 1 is 1.21 bits per heavy atom. The maximum atomic E-state index is 12.2. The molecule has 0 spiro atoms. The van der Waals surface area contributed by atoms with Crippen molar-refractivity contribution >= 4 is 23.4 Å². The maximum Gasteiger partial charge on any atom is 0.310 e. The molecule has 14 nitrogen and oxygen atoms in total. The van der Waals surface area contributed by atoms with E-state index in [0.717, 1.165) is 5.57 Å². The van der Waals surface area contributed by atoms with Gasteiger partial charge in [0.1, 0.15) is 17.0 Å². The van der Waals surface area contributed by atoms with Gasteiger partial charge in [0, 0.05) is 20.6 Å². The first-order valence-corrected chi connectivity index (χ1v) is 13.2. The molecule has 0 saturated carbocycles. The van der Waals surface area contributed by atoms with Crippen LogP contribution in [0.25, 0.3) is 0 Å². The molecule has 3 atom stereocenters. The van der Waals surface area contributed by atoms with Crippen LogP contribution < -0.4 is 22.4 Å². The molecule has 7 N–H and O–H groups in total. The average molecular weight is 612 g/mol. The molecule has 0 radical (unpaired) electrons. The van der Waals surface area contributed by atoms with E-state index < -0.39 is 36.2 Å². The number of nitrogens with two attached hydrogens (primary N) is 2. The SMILES string of the molecule is C=CC(/C=C/C=C\C=C\C(=N\N)NN)=C\C=C\CN(C)/C(=C(/Cl)NC)C(O)OCOC(=O)C(C)CCC(C)O[N+](=O)[O-]. The summed E-state index contributed by atoms with van der Waals surface area (Å²) in [7, 11) is 3.28. The number of carbonyl (C=O) groups excluding carboxylic acids is 1. The predicted octanol–water partition coefficient (Wildman–Crippen LogP) is 2.47. The van der Waals surface area contributed by atoms with Gasteiger partial charge in [-0.1, -0.05) is 79.8 Å². The zero-order chi connectivity index (χ0) is 31.9. The van der Waals surface area contributed by atoms with Gasteiger partial charge in [0.25, 0.3) is 5.09 Å². The van der Waals surface area contributed by atoms with Gasteiger partial charge in [-0.25, -0.2) is 5.84 Å². The summed E-state index contributed by atoms with van der Waals surface area (Å²) in [6.45, 7) is 6.78. The number of aliphatic hydroxyl groups is 1. The van der Waals surface area contributed by atoms with Crippen LogP contribution in [0.2, 0.25) is 0 Å². The highest BCUT2D eigenvalue weighted by Gasteiger charge is 2.22. The van der Waals surface area contributed by atoms with Crippen molar-refractivity contribution in [1.82, 2.24) is 15.6 Å². The third-order valence-electron chi connectivity index (χ3n) is 5.39. The van der Waals surface area contributed by atoms with Crippen molar-refractivity contribution in [2.75, 3.05) is 27.4 Å². The number of likely N-dealkylation sites (N-methyl/N-ethyl adjacent to an activating group) is 1. The van der Waals surface area contributed by atoms with E-state index in [1.54, 1.807) is 56.3 Å². The minimum absolute atomic E-state index is 0.135. The van der Waals surface area contributed by atoms with Crippen LogP contribution in [0.3, 0.4) is 0 Å². The molecule has 0 aromatic heterocycles. The van der Waals surface area contributed by atoms with Crippen LogP contribution in [0.5, 0.6) is 0 Å². The van der Waals surface area contributed by atoms with Crippen LogP contribution in [-0.4, -0.2) is 66.7 Å². The van der Waals surface area contributed by atoms with Crippen molar-refractivity contribution in [1.29, 1.82) is 0 Å². The molecular formula is C27H42ClN7O7. The van der Waals surface area contributed by atoms with Gasteiger partial charge in [-0.2, -0.15) is 5.10 Å². The van der Waals surface area contributed by atoms with Crippen LogP contribution in [0.1, 0.15) is 26.7 Å². The molecule has 15 heteroatoms. The van der Waals surface area contributed by atoms with Crippen LogP contribution in [-0.2, 0) is 19.1 Å². The Kier molecular flexibility index (Phi) is 20.4. The van der Waals surface area contributed by atoms with Gasteiger partial charge < -0.3 is 40.9 Å². The molecule has 0 aliphatic heterocycles. The number of ether oxygens (including phenoxy) is 2. The first-order chi connectivity index (χ1) is 20.0. The normalized spacial score (nSPS) is 15.5. The lowest BCUT2D eigenvalue weighted by atomic mass is 10.0. The number of allylic oxidation sites excluding steroid dienone is 9. The van der Waals surface area contributed by atoms with Gasteiger partial charge in [0.15, 0.2) is 12.6 Å². The zero-order valence-corrected chi connectivity index (χ0v) is 25.1. The summed E-state index contributed by atoms with van der Waals surface area (Å²) in [6.07, 6.45) is 16.2. The van der Waals surface area contributed by atoms with E-state index in [-0.39, 0.29) is 17.3 Å². The quantitative estimate of drug-likeness (QED) is 0.0155. The number of amidine groups is 1. The summed E-state index contributed by atoms with van der Waals surface area (Å²) in [5.74, 6) is 9.57. The van der Waals surface area contributed by atoms with Crippen molar-refractivity contribution in [3.63, 3.8) is 0 Å². The Labute approximate surface area is 251 Å². The summed E-state index contributed by atoms with van der Waals surface area (Å²) in [6, 6.07) is 0. The Morgan fingerprint density at radius 2 is 1.88 bits per heavy atom. The lowest BCUT2D eigenvalue weighted by Gasteiger charge is -2.26. The summed E-state index contributed by atoms with van der Waals surface area (Å²) in [5, 5.41) is 26.4. The smallest absolute Gasteiger partial charge is 0.310 e. The minimum Gasteiger partial charge on any atom is -0.438 e. The van der Waals surface area contributed by atoms with Crippen molar-refractivity contribution in [3.05, 3.63) is 93.9 Å². The Bertz CT molecular complexity index is 1070. The number of hydrogen-bond acceptors (Lipinski definition) is 12. The second-order valence-electron chi connectivity index (χ2n) is 8.61. The summed E-state index contributed by atoms with van der Waals surface area (Å²) in [5.41, 5.74) is 3.40. The van der Waals surface area contributed by atoms with Crippen molar-refractivity contribution in [3.8, 4) is 0 Å². The summed E-state index contributed by atoms with van der Waals surface area (Å²) >= 11 is 6.26. The number of esters is 1. The predicted molar refractivity (Wildman–Crippen MR) is 162 cm³/mol. The second-order valence-corrected chi connectivity index (χ2v) is 8.99. The van der Waals surface area contributed by atoms with E-state index in [2.05, 4.69) is 27.3 Å². The van der Waals surface area contributed by atoms with E-state index >= 15 is 0 Å². The molecule has 0 heterocycles. The van der Waals surface area contributed by atoms with Crippen molar-refractivity contribution in [2.24, 2.45) is 22.7 Å². The van der Waals surface area contributed by atoms with E-state index in [1.807, 2.05) is 30.4 Å².